The fourth-order valence-corrected chi connectivity index (χ4v) is 1.39. The van der Waals surface area contributed by atoms with E-state index in [1.165, 1.54) is 31.4 Å². The van der Waals surface area contributed by atoms with Gasteiger partial charge in [-0.25, -0.2) is 15.0 Å². The number of hydrazine groups is 1. The van der Waals surface area contributed by atoms with Crippen LogP contribution < -0.4 is 10.9 Å². The van der Waals surface area contributed by atoms with E-state index in [0.717, 1.165) is 0 Å². The van der Waals surface area contributed by atoms with E-state index in [1.807, 2.05) is 0 Å². The average Bonchev–Trinajstić information content (AvgIpc) is 2.42. The quantitative estimate of drug-likeness (QED) is 0.639. The molecule has 2 amide bonds. The molecular weight excluding hydrogens is 276 g/mol. The number of carbonyl (C=O) groups excluding carboxylic acids is 3. The highest BCUT2D eigenvalue weighted by atomic mass is 16.6. The van der Waals surface area contributed by atoms with Crippen LogP contribution in [0, 0.1) is 0 Å². The molecule has 0 aliphatic carbocycles. The normalized spacial score (nSPS) is 10.5. The Balaban J connectivity index is 2.64. The van der Waals surface area contributed by atoms with E-state index in [-0.39, 0.29) is 11.1 Å². The topological polar surface area (TPSA) is 93.7 Å². The van der Waals surface area contributed by atoms with Crippen LogP contribution in [0.3, 0.4) is 0 Å². The molecule has 0 heterocycles. The van der Waals surface area contributed by atoms with Crippen LogP contribution in [0.15, 0.2) is 24.3 Å². The number of hydrogen-bond donors (Lipinski definition) is 2. The van der Waals surface area contributed by atoms with Gasteiger partial charge in [0.2, 0.25) is 0 Å². The molecule has 114 valence electrons. The number of hydrogen-bond acceptors (Lipinski definition) is 5. The lowest BCUT2D eigenvalue weighted by atomic mass is 10.1. The van der Waals surface area contributed by atoms with E-state index in [2.05, 4.69) is 15.6 Å². The third kappa shape index (κ3) is 5.52. The van der Waals surface area contributed by atoms with Crippen LogP contribution >= 0.6 is 0 Å². The molecule has 0 radical (unpaired) electrons. The molecule has 21 heavy (non-hydrogen) atoms. The van der Waals surface area contributed by atoms with Gasteiger partial charge in [-0.05, 0) is 39.0 Å². The third-order valence-electron chi connectivity index (χ3n) is 2.22. The Morgan fingerprint density at radius 1 is 1.05 bits per heavy atom. The molecule has 0 aliphatic heterocycles. The summed E-state index contributed by atoms with van der Waals surface area (Å²) in [6.45, 7) is 5.11. The smallest absolute Gasteiger partial charge is 0.426 e. The molecule has 0 saturated heterocycles. The summed E-state index contributed by atoms with van der Waals surface area (Å²) in [5, 5.41) is 0. The zero-order chi connectivity index (χ0) is 16.0. The van der Waals surface area contributed by atoms with Crippen molar-refractivity contribution in [1.29, 1.82) is 0 Å². The highest BCUT2D eigenvalue weighted by molar-refractivity contribution is 5.98. The van der Waals surface area contributed by atoms with Gasteiger partial charge in [0.25, 0.3) is 5.91 Å². The van der Waals surface area contributed by atoms with E-state index >= 15 is 0 Å². The first-order valence-electron chi connectivity index (χ1n) is 6.20. The minimum Gasteiger partial charge on any atom is -0.465 e. The maximum Gasteiger partial charge on any atom is 0.426 e. The van der Waals surface area contributed by atoms with E-state index in [0.29, 0.717) is 0 Å². The zero-order valence-electron chi connectivity index (χ0n) is 12.4. The van der Waals surface area contributed by atoms with Crippen molar-refractivity contribution in [2.24, 2.45) is 0 Å². The lowest BCUT2D eigenvalue weighted by molar-refractivity contribution is 0.0482. The minimum absolute atomic E-state index is 0.203. The van der Waals surface area contributed by atoms with Crippen molar-refractivity contribution in [2.75, 3.05) is 7.11 Å². The van der Waals surface area contributed by atoms with Crippen LogP contribution in [0.1, 0.15) is 41.5 Å². The van der Waals surface area contributed by atoms with Gasteiger partial charge in [0.05, 0.1) is 12.7 Å². The molecule has 0 aromatic heterocycles. The van der Waals surface area contributed by atoms with Crippen LogP contribution in [-0.4, -0.2) is 30.7 Å². The van der Waals surface area contributed by atoms with Crippen LogP contribution in [0.5, 0.6) is 0 Å². The van der Waals surface area contributed by atoms with Crippen molar-refractivity contribution in [3.05, 3.63) is 35.4 Å². The van der Waals surface area contributed by atoms with Gasteiger partial charge in [-0.3, -0.25) is 10.2 Å². The highest BCUT2D eigenvalue weighted by Gasteiger charge is 2.17. The Morgan fingerprint density at radius 3 is 2.24 bits per heavy atom. The molecule has 2 N–H and O–H groups in total. The zero-order valence-corrected chi connectivity index (χ0v) is 12.4. The molecule has 1 rings (SSSR count). The molecule has 0 aliphatic rings. The lowest BCUT2D eigenvalue weighted by Gasteiger charge is -2.19. The molecule has 0 bridgehead atoms. The molecule has 0 saturated carbocycles. The number of carbonyl (C=O) groups is 3. The predicted octanol–water partition coefficient (Wildman–Crippen LogP) is 1.64. The van der Waals surface area contributed by atoms with E-state index in [1.54, 1.807) is 20.8 Å². The second kappa shape index (κ2) is 6.74. The van der Waals surface area contributed by atoms with Crippen molar-refractivity contribution >= 4 is 18.0 Å². The number of benzene rings is 1. The van der Waals surface area contributed by atoms with Crippen molar-refractivity contribution in [3.8, 4) is 0 Å². The number of esters is 1. The Kier molecular flexibility index (Phi) is 5.29. The number of rotatable bonds is 2. The van der Waals surface area contributed by atoms with Gasteiger partial charge in [0.1, 0.15) is 5.60 Å². The summed E-state index contributed by atoms with van der Waals surface area (Å²) < 4.78 is 9.53. The number of amides is 2. The predicted molar refractivity (Wildman–Crippen MR) is 74.6 cm³/mol. The number of nitrogens with one attached hydrogen (secondary N) is 2. The highest BCUT2D eigenvalue weighted by Crippen LogP contribution is 2.07. The van der Waals surface area contributed by atoms with Gasteiger partial charge in [-0.15, -0.1) is 0 Å². The molecule has 7 nitrogen and oxygen atoms in total. The molecule has 0 spiro atoms. The monoisotopic (exact) mass is 294 g/mol. The second-order valence-electron chi connectivity index (χ2n) is 5.15. The lowest BCUT2D eigenvalue weighted by Crippen LogP contribution is -2.44. The average molecular weight is 294 g/mol. The van der Waals surface area contributed by atoms with Gasteiger partial charge in [-0.1, -0.05) is 6.07 Å². The fourth-order valence-electron chi connectivity index (χ4n) is 1.39. The molecule has 1 aromatic carbocycles. The van der Waals surface area contributed by atoms with Gasteiger partial charge in [0.15, 0.2) is 0 Å². The summed E-state index contributed by atoms with van der Waals surface area (Å²) in [5.74, 6) is -1.13. The van der Waals surface area contributed by atoms with E-state index < -0.39 is 23.6 Å². The van der Waals surface area contributed by atoms with Gasteiger partial charge >= 0.3 is 12.1 Å². The Morgan fingerprint density at radius 2 is 1.67 bits per heavy atom. The SMILES string of the molecule is COC(=O)c1cccc(C(=O)NNC(=O)OC(C)(C)C)c1. The Bertz CT molecular complexity index is 549. The number of methoxy groups -OCH3 is 1. The van der Waals surface area contributed by atoms with Crippen LogP contribution in [0.25, 0.3) is 0 Å². The molecule has 7 heteroatoms. The van der Waals surface area contributed by atoms with Gasteiger partial charge in [-0.2, -0.15) is 0 Å². The summed E-state index contributed by atoms with van der Waals surface area (Å²) in [6, 6.07) is 5.91. The fraction of sp³-hybridized carbons (Fsp3) is 0.357. The first kappa shape index (κ1) is 16.5. The van der Waals surface area contributed by atoms with Crippen molar-refractivity contribution < 1.29 is 23.9 Å². The standard InChI is InChI=1S/C14H18N2O5/c1-14(2,3)21-13(19)16-15-11(17)9-6-5-7-10(8-9)12(18)20-4/h5-8H,1-4H3,(H,15,17)(H,16,19). The molecule has 0 fully saturated rings. The number of ether oxygens (including phenoxy) is 2. The van der Waals surface area contributed by atoms with Crippen molar-refractivity contribution in [1.82, 2.24) is 10.9 Å². The maximum absolute atomic E-state index is 11.8. The Labute approximate surface area is 122 Å². The molecule has 1 aromatic rings. The summed E-state index contributed by atoms with van der Waals surface area (Å²) in [5.41, 5.74) is 4.09. The second-order valence-corrected chi connectivity index (χ2v) is 5.15. The minimum atomic E-state index is -0.778. The Hall–Kier alpha value is -2.57. The first-order valence-corrected chi connectivity index (χ1v) is 6.20. The summed E-state index contributed by atoms with van der Waals surface area (Å²) in [7, 11) is 1.25. The summed E-state index contributed by atoms with van der Waals surface area (Å²) in [4.78, 5) is 34.6. The molecule has 0 atom stereocenters. The summed E-state index contributed by atoms with van der Waals surface area (Å²) >= 11 is 0. The third-order valence-corrected chi connectivity index (χ3v) is 2.22. The molecule has 0 unspecified atom stereocenters. The van der Waals surface area contributed by atoms with Crippen LogP contribution in [0.4, 0.5) is 4.79 Å². The van der Waals surface area contributed by atoms with E-state index in [4.69, 9.17) is 4.74 Å². The van der Waals surface area contributed by atoms with Gasteiger partial charge in [0, 0.05) is 5.56 Å². The largest absolute Gasteiger partial charge is 0.465 e. The summed E-state index contributed by atoms with van der Waals surface area (Å²) in [6.07, 6.45) is -0.778. The van der Waals surface area contributed by atoms with Crippen LogP contribution in [-0.2, 0) is 9.47 Å². The van der Waals surface area contributed by atoms with Crippen LogP contribution in [0.2, 0.25) is 0 Å². The first-order chi connectivity index (χ1) is 9.73. The maximum atomic E-state index is 11.8. The van der Waals surface area contributed by atoms with Crippen molar-refractivity contribution in [2.45, 2.75) is 26.4 Å². The van der Waals surface area contributed by atoms with E-state index in [9.17, 15) is 14.4 Å². The van der Waals surface area contributed by atoms with Gasteiger partial charge < -0.3 is 9.47 Å². The molecular formula is C14H18N2O5. The van der Waals surface area contributed by atoms with Crippen molar-refractivity contribution in [3.63, 3.8) is 0 Å².